The van der Waals surface area contributed by atoms with Crippen LogP contribution in [0.4, 0.5) is 0 Å². The lowest BCUT2D eigenvalue weighted by Gasteiger charge is -2.06. The van der Waals surface area contributed by atoms with Crippen LogP contribution < -0.4 is 4.72 Å². The second-order valence-electron chi connectivity index (χ2n) is 4.45. The smallest absolute Gasteiger partial charge is 0.237 e. The van der Waals surface area contributed by atoms with Crippen LogP contribution in [0.2, 0.25) is 0 Å². The van der Waals surface area contributed by atoms with Gasteiger partial charge in [0.05, 0.1) is 18.2 Å². The van der Waals surface area contributed by atoms with Crippen LogP contribution >= 0.6 is 0 Å². The summed E-state index contributed by atoms with van der Waals surface area (Å²) in [6, 6.07) is 9.35. The summed E-state index contributed by atoms with van der Waals surface area (Å²) in [5, 5.41) is 8.35. The number of hydrogen-bond acceptors (Lipinski definition) is 4. The number of nitrogens with zero attached hydrogens (tertiary/aromatic N) is 1. The zero-order valence-corrected chi connectivity index (χ0v) is 12.2. The molecule has 0 atom stereocenters. The second-order valence-corrected chi connectivity index (χ2v) is 6.29. The van der Waals surface area contributed by atoms with Gasteiger partial charge in [0.1, 0.15) is 0 Å². The molecule has 0 aliphatic heterocycles. The van der Waals surface area contributed by atoms with Crippen molar-refractivity contribution in [1.29, 1.82) is 5.26 Å². The number of unbranched alkanes of at least 4 members (excludes halogenated alkanes) is 1. The molecule has 1 amide bonds. The number of carbonyl (C=O) groups excluding carboxylic acids is 1. The van der Waals surface area contributed by atoms with Crippen LogP contribution in [0.5, 0.6) is 0 Å². The van der Waals surface area contributed by atoms with Crippen molar-refractivity contribution in [3.63, 3.8) is 0 Å². The molecule has 0 saturated heterocycles. The maximum Gasteiger partial charge on any atom is 0.237 e. The topological polar surface area (TPSA) is 87.0 Å². The monoisotopic (exact) mass is 294 g/mol. The molecule has 6 heteroatoms. The van der Waals surface area contributed by atoms with Gasteiger partial charge in [-0.3, -0.25) is 9.52 Å². The van der Waals surface area contributed by atoms with Crippen LogP contribution in [0.15, 0.2) is 24.3 Å². The Labute approximate surface area is 119 Å². The average Bonchev–Trinajstić information content (AvgIpc) is 2.39. The predicted octanol–water partition coefficient (Wildman–Crippen LogP) is 1.54. The molecule has 108 valence electrons. The highest BCUT2D eigenvalue weighted by molar-refractivity contribution is 7.90. The van der Waals surface area contributed by atoms with Crippen molar-refractivity contribution in [2.75, 3.05) is 5.75 Å². The van der Waals surface area contributed by atoms with Gasteiger partial charge in [0, 0.05) is 6.42 Å². The van der Waals surface area contributed by atoms with Crippen LogP contribution in [0, 0.1) is 11.3 Å². The highest BCUT2D eigenvalue weighted by Gasteiger charge is 2.14. The van der Waals surface area contributed by atoms with Gasteiger partial charge in [-0.2, -0.15) is 5.26 Å². The number of aryl methyl sites for hydroxylation is 1. The van der Waals surface area contributed by atoms with E-state index in [2.05, 4.69) is 0 Å². The minimum atomic E-state index is -3.64. The Hall–Kier alpha value is -1.87. The van der Waals surface area contributed by atoms with Crippen LogP contribution in [-0.2, 0) is 27.7 Å². The first kappa shape index (κ1) is 16.2. The van der Waals surface area contributed by atoms with Crippen LogP contribution in [-0.4, -0.2) is 20.1 Å². The van der Waals surface area contributed by atoms with Crippen LogP contribution in [0.25, 0.3) is 0 Å². The van der Waals surface area contributed by atoms with E-state index in [9.17, 15) is 13.2 Å². The fraction of sp³-hybridized carbons (Fsp3) is 0.429. The molecule has 20 heavy (non-hydrogen) atoms. The van der Waals surface area contributed by atoms with E-state index in [1.165, 1.54) is 5.56 Å². The van der Waals surface area contributed by atoms with Crippen molar-refractivity contribution in [1.82, 2.24) is 4.72 Å². The average molecular weight is 294 g/mol. The molecule has 0 unspecified atom stereocenters. The molecule has 0 aliphatic rings. The summed E-state index contributed by atoms with van der Waals surface area (Å²) in [6.07, 6.45) is 1.33. The van der Waals surface area contributed by atoms with Gasteiger partial charge < -0.3 is 0 Å². The van der Waals surface area contributed by atoms with E-state index < -0.39 is 15.9 Å². The van der Waals surface area contributed by atoms with Gasteiger partial charge in [-0.25, -0.2) is 8.42 Å². The highest BCUT2D eigenvalue weighted by Crippen LogP contribution is 2.06. The fourth-order valence-electron chi connectivity index (χ4n) is 1.68. The summed E-state index contributed by atoms with van der Waals surface area (Å²) < 4.78 is 25.1. The molecular weight excluding hydrogens is 276 g/mol. The molecule has 0 spiro atoms. The Kier molecular flexibility index (Phi) is 6.19. The Morgan fingerprint density at radius 1 is 1.25 bits per heavy atom. The fourth-order valence-corrected chi connectivity index (χ4v) is 2.73. The minimum absolute atomic E-state index is 0.0292. The molecule has 1 N–H and O–H groups in total. The maximum atomic E-state index is 11.7. The predicted molar refractivity (Wildman–Crippen MR) is 76.3 cm³/mol. The molecule has 0 aromatic heterocycles. The molecule has 0 aliphatic carbocycles. The Bertz CT molecular complexity index is 586. The van der Waals surface area contributed by atoms with E-state index in [1.807, 2.05) is 42.0 Å². The highest BCUT2D eigenvalue weighted by atomic mass is 32.2. The molecule has 0 radical (unpaired) electrons. The van der Waals surface area contributed by atoms with Crippen molar-refractivity contribution in [2.45, 2.75) is 32.6 Å². The lowest BCUT2D eigenvalue weighted by atomic mass is 10.1. The number of hydrogen-bond donors (Lipinski definition) is 1. The van der Waals surface area contributed by atoms with Gasteiger partial charge in [0.15, 0.2) is 0 Å². The van der Waals surface area contributed by atoms with Crippen molar-refractivity contribution < 1.29 is 13.2 Å². The summed E-state index contributed by atoms with van der Waals surface area (Å²) in [4.78, 5) is 11.7. The summed E-state index contributed by atoms with van der Waals surface area (Å²) in [5.74, 6) is -0.757. The third-order valence-electron chi connectivity index (χ3n) is 2.77. The lowest BCUT2D eigenvalue weighted by Crippen LogP contribution is -2.33. The summed E-state index contributed by atoms with van der Waals surface area (Å²) in [5.41, 5.74) is 1.94. The van der Waals surface area contributed by atoms with Gasteiger partial charge in [-0.1, -0.05) is 31.2 Å². The number of sulfonamides is 1. The normalized spacial score (nSPS) is 10.8. The van der Waals surface area contributed by atoms with Gasteiger partial charge in [-0.05, 0) is 24.0 Å². The van der Waals surface area contributed by atoms with Gasteiger partial charge in [0.25, 0.3) is 0 Å². The Morgan fingerprint density at radius 2 is 1.85 bits per heavy atom. The Balaban J connectivity index is 2.52. The standard InChI is InChI=1S/C14H18N2O3S/c1-2-12-5-7-13(8-6-12)11-14(17)16-20(18,19)10-4-3-9-15/h5-8H,2-4,10-11H2,1H3,(H,16,17). The van der Waals surface area contributed by atoms with E-state index in [4.69, 9.17) is 5.26 Å². The number of nitrogens with one attached hydrogen (secondary N) is 1. The van der Waals surface area contributed by atoms with E-state index in [0.29, 0.717) is 0 Å². The second kappa shape index (κ2) is 7.65. The molecule has 1 rings (SSSR count). The molecule has 1 aromatic carbocycles. The van der Waals surface area contributed by atoms with Crippen molar-refractivity contribution in [2.24, 2.45) is 0 Å². The number of carbonyl (C=O) groups is 1. The summed E-state index contributed by atoms with van der Waals surface area (Å²) in [6.45, 7) is 2.04. The first-order chi connectivity index (χ1) is 9.46. The molecular formula is C14H18N2O3S. The van der Waals surface area contributed by atoms with Crippen LogP contribution in [0.3, 0.4) is 0 Å². The molecule has 0 bridgehead atoms. The molecule has 0 saturated carbocycles. The number of benzene rings is 1. The van der Waals surface area contributed by atoms with Gasteiger partial charge in [0.2, 0.25) is 15.9 Å². The number of rotatable bonds is 7. The number of nitriles is 1. The minimum Gasteiger partial charge on any atom is -0.274 e. The van der Waals surface area contributed by atoms with Crippen molar-refractivity contribution >= 4 is 15.9 Å². The number of amides is 1. The zero-order chi connectivity index (χ0) is 15.0. The van der Waals surface area contributed by atoms with Crippen LogP contribution in [0.1, 0.15) is 30.9 Å². The first-order valence-corrected chi connectivity index (χ1v) is 8.10. The third kappa shape index (κ3) is 5.85. The van der Waals surface area contributed by atoms with E-state index >= 15 is 0 Å². The summed E-state index contributed by atoms with van der Waals surface area (Å²) in [7, 11) is -3.64. The summed E-state index contributed by atoms with van der Waals surface area (Å²) >= 11 is 0. The van der Waals surface area contributed by atoms with Crippen molar-refractivity contribution in [3.05, 3.63) is 35.4 Å². The van der Waals surface area contributed by atoms with E-state index in [1.54, 1.807) is 0 Å². The molecule has 0 heterocycles. The molecule has 1 aromatic rings. The molecule has 5 nitrogen and oxygen atoms in total. The van der Waals surface area contributed by atoms with Gasteiger partial charge >= 0.3 is 0 Å². The third-order valence-corrected chi connectivity index (χ3v) is 4.13. The lowest BCUT2D eigenvalue weighted by molar-refractivity contribution is -0.118. The Morgan fingerprint density at radius 3 is 2.40 bits per heavy atom. The first-order valence-electron chi connectivity index (χ1n) is 6.45. The molecule has 0 fully saturated rings. The van der Waals surface area contributed by atoms with E-state index in [0.717, 1.165) is 12.0 Å². The van der Waals surface area contributed by atoms with Gasteiger partial charge in [-0.15, -0.1) is 0 Å². The quantitative estimate of drug-likeness (QED) is 0.773. The van der Waals surface area contributed by atoms with E-state index in [-0.39, 0.29) is 25.0 Å². The SMILES string of the molecule is CCc1ccc(CC(=O)NS(=O)(=O)CCCC#N)cc1. The maximum absolute atomic E-state index is 11.7. The largest absolute Gasteiger partial charge is 0.274 e. The van der Waals surface area contributed by atoms with Crippen molar-refractivity contribution in [3.8, 4) is 6.07 Å². The zero-order valence-electron chi connectivity index (χ0n) is 11.4.